The van der Waals surface area contributed by atoms with Crippen molar-refractivity contribution in [2.45, 2.75) is 44.6 Å². The molecule has 1 amide bonds. The summed E-state index contributed by atoms with van der Waals surface area (Å²) >= 11 is 0. The summed E-state index contributed by atoms with van der Waals surface area (Å²) < 4.78 is 0. The normalized spacial score (nSPS) is 27.2. The lowest BCUT2D eigenvalue weighted by Gasteiger charge is -2.43. The Labute approximate surface area is 73.1 Å². The van der Waals surface area contributed by atoms with Crippen molar-refractivity contribution in [1.82, 2.24) is 10.4 Å². The van der Waals surface area contributed by atoms with Gasteiger partial charge in [0.2, 0.25) is 5.91 Å². The minimum atomic E-state index is 0.211. The molecule has 1 saturated heterocycles. The SMILES string of the molecule is CCCN1NC(=O)CC12CCC2. The van der Waals surface area contributed by atoms with Crippen LogP contribution in [0.3, 0.4) is 0 Å². The molecule has 1 spiro atoms. The van der Waals surface area contributed by atoms with Gasteiger partial charge in [0.25, 0.3) is 0 Å². The number of hydrazine groups is 1. The molecule has 12 heavy (non-hydrogen) atoms. The van der Waals surface area contributed by atoms with Gasteiger partial charge in [-0.15, -0.1) is 0 Å². The summed E-state index contributed by atoms with van der Waals surface area (Å²) in [4.78, 5) is 11.2. The van der Waals surface area contributed by atoms with Crippen molar-refractivity contribution in [1.29, 1.82) is 0 Å². The van der Waals surface area contributed by atoms with Gasteiger partial charge in [0, 0.05) is 18.5 Å². The van der Waals surface area contributed by atoms with Gasteiger partial charge in [-0.3, -0.25) is 10.2 Å². The highest BCUT2D eigenvalue weighted by atomic mass is 16.2. The van der Waals surface area contributed by atoms with Crippen molar-refractivity contribution in [2.75, 3.05) is 6.54 Å². The first-order valence-corrected chi connectivity index (χ1v) is 4.84. The summed E-state index contributed by atoms with van der Waals surface area (Å²) in [7, 11) is 0. The van der Waals surface area contributed by atoms with Crippen LogP contribution in [0.15, 0.2) is 0 Å². The first kappa shape index (κ1) is 8.05. The summed E-state index contributed by atoms with van der Waals surface area (Å²) in [5.41, 5.74) is 3.17. The predicted molar refractivity (Wildman–Crippen MR) is 46.3 cm³/mol. The van der Waals surface area contributed by atoms with Gasteiger partial charge in [0.1, 0.15) is 0 Å². The van der Waals surface area contributed by atoms with Crippen molar-refractivity contribution in [3.8, 4) is 0 Å². The Morgan fingerprint density at radius 2 is 2.33 bits per heavy atom. The fraction of sp³-hybridized carbons (Fsp3) is 0.889. The Morgan fingerprint density at radius 1 is 1.58 bits per heavy atom. The predicted octanol–water partition coefficient (Wildman–Crippen LogP) is 1.06. The molecule has 1 saturated carbocycles. The van der Waals surface area contributed by atoms with Gasteiger partial charge in [-0.1, -0.05) is 6.92 Å². The molecule has 3 nitrogen and oxygen atoms in total. The maximum absolute atomic E-state index is 11.2. The third kappa shape index (κ3) is 1.04. The number of nitrogens with zero attached hydrogens (tertiary/aromatic N) is 1. The number of carbonyl (C=O) groups excluding carboxylic acids is 1. The molecule has 0 unspecified atom stereocenters. The van der Waals surface area contributed by atoms with E-state index in [2.05, 4.69) is 17.4 Å². The third-order valence-electron chi connectivity index (χ3n) is 3.05. The highest BCUT2D eigenvalue weighted by molar-refractivity contribution is 5.79. The summed E-state index contributed by atoms with van der Waals surface area (Å²) in [6.45, 7) is 3.16. The molecule has 3 heteroatoms. The molecular formula is C9H16N2O. The number of amides is 1. The molecule has 68 valence electrons. The zero-order valence-corrected chi connectivity index (χ0v) is 7.60. The number of hydrogen-bond donors (Lipinski definition) is 1. The zero-order valence-electron chi connectivity index (χ0n) is 7.60. The summed E-state index contributed by atoms with van der Waals surface area (Å²) in [5, 5.41) is 2.17. The van der Waals surface area contributed by atoms with E-state index < -0.39 is 0 Å². The highest BCUT2D eigenvalue weighted by Crippen LogP contribution is 2.42. The van der Waals surface area contributed by atoms with E-state index >= 15 is 0 Å². The first-order valence-electron chi connectivity index (χ1n) is 4.84. The Kier molecular flexibility index (Phi) is 1.83. The topological polar surface area (TPSA) is 32.3 Å². The van der Waals surface area contributed by atoms with Crippen molar-refractivity contribution in [3.05, 3.63) is 0 Å². The van der Waals surface area contributed by atoms with Crippen LogP contribution in [-0.2, 0) is 4.79 Å². The monoisotopic (exact) mass is 168 g/mol. The average molecular weight is 168 g/mol. The molecule has 2 rings (SSSR count). The Hall–Kier alpha value is -0.570. The van der Waals surface area contributed by atoms with Gasteiger partial charge in [-0.25, -0.2) is 5.01 Å². The molecule has 0 bridgehead atoms. The van der Waals surface area contributed by atoms with Gasteiger partial charge in [-0.05, 0) is 25.7 Å². The molecule has 1 N–H and O–H groups in total. The second-order valence-corrected chi connectivity index (χ2v) is 3.94. The fourth-order valence-corrected chi connectivity index (χ4v) is 2.25. The number of hydrogen-bond acceptors (Lipinski definition) is 2. The molecular weight excluding hydrogens is 152 g/mol. The fourth-order valence-electron chi connectivity index (χ4n) is 2.25. The van der Waals surface area contributed by atoms with E-state index in [1.165, 1.54) is 19.3 Å². The molecule has 0 aromatic heterocycles. The van der Waals surface area contributed by atoms with Crippen LogP contribution in [0.2, 0.25) is 0 Å². The lowest BCUT2D eigenvalue weighted by molar-refractivity contribution is -0.121. The van der Waals surface area contributed by atoms with Crippen LogP contribution in [-0.4, -0.2) is 23.0 Å². The second-order valence-electron chi connectivity index (χ2n) is 3.94. The molecule has 0 aromatic rings. The van der Waals surface area contributed by atoms with Gasteiger partial charge in [0.15, 0.2) is 0 Å². The first-order chi connectivity index (χ1) is 5.77. The Morgan fingerprint density at radius 3 is 2.83 bits per heavy atom. The smallest absolute Gasteiger partial charge is 0.236 e. The van der Waals surface area contributed by atoms with E-state index in [1.807, 2.05) is 0 Å². The molecule has 2 fully saturated rings. The van der Waals surface area contributed by atoms with Gasteiger partial charge < -0.3 is 0 Å². The van der Waals surface area contributed by atoms with Crippen molar-refractivity contribution < 1.29 is 4.79 Å². The van der Waals surface area contributed by atoms with Crippen LogP contribution in [0.25, 0.3) is 0 Å². The number of nitrogens with one attached hydrogen (secondary N) is 1. The summed E-state index contributed by atoms with van der Waals surface area (Å²) in [6.07, 6.45) is 5.53. The number of carbonyl (C=O) groups is 1. The lowest BCUT2D eigenvalue weighted by Crippen LogP contribution is -2.52. The van der Waals surface area contributed by atoms with E-state index in [0.717, 1.165) is 19.4 Å². The maximum Gasteiger partial charge on any atom is 0.236 e. The third-order valence-corrected chi connectivity index (χ3v) is 3.05. The standard InChI is InChI=1S/C9H16N2O/c1-2-6-11-9(4-3-5-9)7-8(12)10-11/h2-7H2,1H3,(H,10,12). The largest absolute Gasteiger partial charge is 0.288 e. The van der Waals surface area contributed by atoms with Crippen LogP contribution in [0.1, 0.15) is 39.0 Å². The number of rotatable bonds is 2. The highest BCUT2D eigenvalue weighted by Gasteiger charge is 2.48. The van der Waals surface area contributed by atoms with Crippen LogP contribution < -0.4 is 5.43 Å². The molecule has 1 aliphatic heterocycles. The van der Waals surface area contributed by atoms with Crippen molar-refractivity contribution in [2.24, 2.45) is 0 Å². The van der Waals surface area contributed by atoms with Crippen LogP contribution in [0.4, 0.5) is 0 Å². The van der Waals surface area contributed by atoms with Crippen LogP contribution >= 0.6 is 0 Å². The van der Waals surface area contributed by atoms with Gasteiger partial charge in [-0.2, -0.15) is 0 Å². The van der Waals surface area contributed by atoms with Gasteiger partial charge >= 0.3 is 0 Å². The summed E-state index contributed by atoms with van der Waals surface area (Å²) in [6, 6.07) is 0. The molecule has 1 aliphatic carbocycles. The molecule has 1 heterocycles. The van der Waals surface area contributed by atoms with Crippen LogP contribution in [0, 0.1) is 0 Å². The van der Waals surface area contributed by atoms with Crippen molar-refractivity contribution in [3.63, 3.8) is 0 Å². The van der Waals surface area contributed by atoms with Crippen LogP contribution in [0.5, 0.6) is 0 Å². The summed E-state index contributed by atoms with van der Waals surface area (Å²) in [5.74, 6) is 0.211. The van der Waals surface area contributed by atoms with E-state index in [0.29, 0.717) is 0 Å². The molecule has 0 radical (unpaired) electrons. The lowest BCUT2D eigenvalue weighted by atomic mass is 9.74. The maximum atomic E-state index is 11.2. The van der Waals surface area contributed by atoms with E-state index in [1.54, 1.807) is 0 Å². The minimum absolute atomic E-state index is 0.211. The average Bonchev–Trinajstić information content (AvgIpc) is 2.27. The quantitative estimate of drug-likeness (QED) is 0.668. The Balaban J connectivity index is 2.05. The van der Waals surface area contributed by atoms with Gasteiger partial charge in [0.05, 0.1) is 0 Å². The van der Waals surface area contributed by atoms with E-state index in [-0.39, 0.29) is 11.4 Å². The van der Waals surface area contributed by atoms with Crippen molar-refractivity contribution >= 4 is 5.91 Å². The van der Waals surface area contributed by atoms with E-state index in [9.17, 15) is 4.79 Å². The molecule has 2 aliphatic rings. The van der Waals surface area contributed by atoms with E-state index in [4.69, 9.17) is 0 Å². The zero-order chi connectivity index (χ0) is 8.60. The minimum Gasteiger partial charge on any atom is -0.288 e. The molecule has 0 aromatic carbocycles. The Bertz CT molecular complexity index is 199. The second kappa shape index (κ2) is 2.73. The molecule has 0 atom stereocenters.